The number of hydrogen-bond donors (Lipinski definition) is 1. The lowest BCUT2D eigenvalue weighted by Crippen LogP contribution is -2.46. The number of carbonyl (C=O) groups excluding carboxylic acids is 2. The van der Waals surface area contributed by atoms with Gasteiger partial charge in [0, 0.05) is 43.6 Å². The summed E-state index contributed by atoms with van der Waals surface area (Å²) in [6.07, 6.45) is 3.76. The molecule has 1 aliphatic rings. The van der Waals surface area contributed by atoms with Crippen LogP contribution in [0, 0.1) is 0 Å². The number of nitrogens with one attached hydrogen (secondary N) is 1. The quantitative estimate of drug-likeness (QED) is 0.824. The highest BCUT2D eigenvalue weighted by molar-refractivity contribution is 6.35. The Bertz CT molecular complexity index is 777. The van der Waals surface area contributed by atoms with E-state index in [0.29, 0.717) is 53.4 Å². The summed E-state index contributed by atoms with van der Waals surface area (Å²) in [6.45, 7) is 2.57. The summed E-state index contributed by atoms with van der Waals surface area (Å²) in [6, 6.07) is 4.82. The maximum Gasteiger partial charge on any atom is 0.258 e. The van der Waals surface area contributed by atoms with Gasteiger partial charge in [-0.25, -0.2) is 9.97 Å². The Balaban J connectivity index is 1.66. The van der Waals surface area contributed by atoms with Crippen LogP contribution < -0.4 is 10.2 Å². The van der Waals surface area contributed by atoms with E-state index in [1.165, 1.54) is 12.4 Å². The van der Waals surface area contributed by atoms with Crippen molar-refractivity contribution in [2.24, 2.45) is 0 Å². The minimum absolute atomic E-state index is 0.311. The lowest BCUT2D eigenvalue weighted by molar-refractivity contribution is -0.118. The zero-order valence-corrected chi connectivity index (χ0v) is 14.7. The molecule has 130 valence electrons. The third-order valence-electron chi connectivity index (χ3n) is 3.82. The molecule has 7 nitrogen and oxygen atoms in total. The molecule has 0 unspecified atom stereocenters. The Labute approximate surface area is 154 Å². The van der Waals surface area contributed by atoms with E-state index in [4.69, 9.17) is 23.2 Å². The molecule has 25 heavy (non-hydrogen) atoms. The molecule has 2 heterocycles. The number of benzene rings is 1. The van der Waals surface area contributed by atoms with Crippen molar-refractivity contribution >= 4 is 47.2 Å². The van der Waals surface area contributed by atoms with Crippen LogP contribution in [0.4, 0.5) is 11.6 Å². The first-order valence-electron chi connectivity index (χ1n) is 7.59. The highest BCUT2D eigenvalue weighted by Gasteiger charge is 2.18. The fourth-order valence-corrected chi connectivity index (χ4v) is 2.75. The highest BCUT2D eigenvalue weighted by Crippen LogP contribution is 2.25. The van der Waals surface area contributed by atoms with Gasteiger partial charge in [0.25, 0.3) is 5.91 Å². The van der Waals surface area contributed by atoms with E-state index < -0.39 is 0 Å². The number of anilines is 2. The summed E-state index contributed by atoms with van der Waals surface area (Å²) in [7, 11) is 0. The summed E-state index contributed by atoms with van der Waals surface area (Å²) in [5, 5.41) is 3.55. The molecule has 1 saturated heterocycles. The van der Waals surface area contributed by atoms with Crippen LogP contribution in [0.25, 0.3) is 0 Å². The van der Waals surface area contributed by atoms with Crippen molar-refractivity contribution in [1.82, 2.24) is 14.9 Å². The van der Waals surface area contributed by atoms with Crippen molar-refractivity contribution in [1.29, 1.82) is 0 Å². The summed E-state index contributed by atoms with van der Waals surface area (Å²) >= 11 is 11.9. The molecule has 2 amide bonds. The minimum Gasteiger partial charge on any atom is -0.342 e. The second-order valence-corrected chi connectivity index (χ2v) is 6.32. The zero-order valence-electron chi connectivity index (χ0n) is 13.2. The second-order valence-electron chi connectivity index (χ2n) is 5.48. The van der Waals surface area contributed by atoms with E-state index in [-0.39, 0.29) is 5.91 Å². The average Bonchev–Trinajstić information content (AvgIpc) is 2.65. The second kappa shape index (κ2) is 7.67. The van der Waals surface area contributed by atoms with Crippen LogP contribution in [-0.4, -0.2) is 53.4 Å². The number of nitrogens with zero attached hydrogens (tertiary/aromatic N) is 4. The fourth-order valence-electron chi connectivity index (χ4n) is 2.42. The van der Waals surface area contributed by atoms with Gasteiger partial charge in [-0.05, 0) is 18.2 Å². The van der Waals surface area contributed by atoms with Gasteiger partial charge >= 0.3 is 0 Å². The summed E-state index contributed by atoms with van der Waals surface area (Å²) < 4.78 is 0. The van der Waals surface area contributed by atoms with E-state index in [0.717, 1.165) is 6.41 Å². The number of hydrogen-bond acceptors (Lipinski definition) is 5. The smallest absolute Gasteiger partial charge is 0.258 e. The van der Waals surface area contributed by atoms with E-state index >= 15 is 0 Å². The Kier molecular flexibility index (Phi) is 5.35. The maximum atomic E-state index is 12.3. The first-order valence-corrected chi connectivity index (χ1v) is 8.35. The Hall–Kier alpha value is -2.38. The molecule has 2 aromatic rings. The molecule has 0 atom stereocenters. The van der Waals surface area contributed by atoms with Crippen LogP contribution in [0.15, 0.2) is 30.6 Å². The molecule has 0 spiro atoms. The molecule has 0 radical (unpaired) electrons. The molecular formula is C16H15Cl2N5O2. The van der Waals surface area contributed by atoms with Crippen LogP contribution in [0.1, 0.15) is 10.4 Å². The lowest BCUT2D eigenvalue weighted by atomic mass is 10.2. The van der Waals surface area contributed by atoms with E-state index in [1.54, 1.807) is 23.1 Å². The predicted molar refractivity (Wildman–Crippen MR) is 96.3 cm³/mol. The van der Waals surface area contributed by atoms with Crippen molar-refractivity contribution < 1.29 is 9.59 Å². The molecule has 1 aromatic heterocycles. The van der Waals surface area contributed by atoms with Gasteiger partial charge in [0.1, 0.15) is 0 Å². The molecule has 9 heteroatoms. The summed E-state index contributed by atoms with van der Waals surface area (Å²) in [4.78, 5) is 35.2. The molecule has 3 rings (SSSR count). The summed E-state index contributed by atoms with van der Waals surface area (Å²) in [5.74, 6) is 0.157. The molecular weight excluding hydrogens is 365 g/mol. The number of rotatable bonds is 4. The van der Waals surface area contributed by atoms with Crippen LogP contribution in [0.2, 0.25) is 10.0 Å². The topological polar surface area (TPSA) is 78.4 Å². The molecule has 1 fully saturated rings. The monoisotopic (exact) mass is 379 g/mol. The van der Waals surface area contributed by atoms with Crippen LogP contribution in [-0.2, 0) is 4.79 Å². The molecule has 0 saturated carbocycles. The van der Waals surface area contributed by atoms with Gasteiger partial charge in [0.05, 0.1) is 16.3 Å². The van der Waals surface area contributed by atoms with Gasteiger partial charge in [-0.15, -0.1) is 0 Å². The molecule has 0 aliphatic carbocycles. The summed E-state index contributed by atoms with van der Waals surface area (Å²) in [5.41, 5.74) is 0.736. The van der Waals surface area contributed by atoms with Crippen molar-refractivity contribution in [3.63, 3.8) is 0 Å². The van der Waals surface area contributed by atoms with Crippen molar-refractivity contribution in [3.05, 3.63) is 46.2 Å². The number of piperazine rings is 1. The fraction of sp³-hybridized carbons (Fsp3) is 0.250. The van der Waals surface area contributed by atoms with E-state index in [9.17, 15) is 9.59 Å². The zero-order chi connectivity index (χ0) is 17.8. The number of halogens is 2. The van der Waals surface area contributed by atoms with Gasteiger partial charge in [-0.1, -0.05) is 23.2 Å². The van der Waals surface area contributed by atoms with Gasteiger partial charge in [-0.2, -0.15) is 0 Å². The Morgan fingerprint density at radius 1 is 1.12 bits per heavy atom. The molecule has 0 bridgehead atoms. The van der Waals surface area contributed by atoms with Crippen LogP contribution >= 0.6 is 23.2 Å². The standard InChI is InChI=1S/C16H15Cl2N5O2/c17-12-1-2-13(18)14(7-12)21-15(25)11-8-19-16(20-9-11)23-5-3-22(10-24)4-6-23/h1-2,7-10H,3-6H2,(H,21,25). The van der Waals surface area contributed by atoms with Crippen LogP contribution in [0.3, 0.4) is 0 Å². The molecule has 1 aromatic carbocycles. The number of amides is 2. The molecule has 1 N–H and O–H groups in total. The number of aromatic nitrogens is 2. The van der Waals surface area contributed by atoms with E-state index in [2.05, 4.69) is 15.3 Å². The Morgan fingerprint density at radius 2 is 1.80 bits per heavy atom. The van der Waals surface area contributed by atoms with Crippen molar-refractivity contribution in [2.45, 2.75) is 0 Å². The van der Waals surface area contributed by atoms with E-state index in [1.807, 2.05) is 4.90 Å². The number of carbonyl (C=O) groups is 2. The van der Waals surface area contributed by atoms with Gasteiger partial charge in [0.2, 0.25) is 12.4 Å². The predicted octanol–water partition coefficient (Wildman–Crippen LogP) is 2.31. The van der Waals surface area contributed by atoms with Gasteiger partial charge in [0.15, 0.2) is 0 Å². The maximum absolute atomic E-state index is 12.3. The largest absolute Gasteiger partial charge is 0.342 e. The van der Waals surface area contributed by atoms with Crippen LogP contribution in [0.5, 0.6) is 0 Å². The Morgan fingerprint density at radius 3 is 2.44 bits per heavy atom. The first-order chi connectivity index (χ1) is 12.1. The third-order valence-corrected chi connectivity index (χ3v) is 4.39. The highest BCUT2D eigenvalue weighted by atomic mass is 35.5. The SMILES string of the molecule is O=CN1CCN(c2ncc(C(=O)Nc3cc(Cl)ccc3Cl)cn2)CC1. The minimum atomic E-state index is -0.374. The average molecular weight is 380 g/mol. The molecule has 1 aliphatic heterocycles. The lowest BCUT2D eigenvalue weighted by Gasteiger charge is -2.32. The van der Waals surface area contributed by atoms with Gasteiger partial charge < -0.3 is 15.1 Å². The third kappa shape index (κ3) is 4.18. The van der Waals surface area contributed by atoms with Crippen molar-refractivity contribution in [2.75, 3.05) is 36.4 Å². The van der Waals surface area contributed by atoms with Crippen molar-refractivity contribution in [3.8, 4) is 0 Å². The normalized spacial score (nSPS) is 14.3. The van der Waals surface area contributed by atoms with Gasteiger partial charge in [-0.3, -0.25) is 9.59 Å². The first kappa shape index (κ1) is 17.4.